The third kappa shape index (κ3) is 4.32. The summed E-state index contributed by atoms with van der Waals surface area (Å²) in [4.78, 5) is 0. The highest BCUT2D eigenvalue weighted by Gasteiger charge is 2.12. The molecule has 0 heterocycles. The first kappa shape index (κ1) is 14.5. The summed E-state index contributed by atoms with van der Waals surface area (Å²) in [6, 6.07) is 6.32. The molecular weight excluding hydrogens is 278 g/mol. The average molecular weight is 300 g/mol. The molecule has 3 heteroatoms. The van der Waals surface area contributed by atoms with Gasteiger partial charge in [-0.25, -0.2) is 0 Å². The van der Waals surface area contributed by atoms with Crippen molar-refractivity contribution < 1.29 is 4.74 Å². The predicted octanol–water partition coefficient (Wildman–Crippen LogP) is 3.49. The van der Waals surface area contributed by atoms with Gasteiger partial charge in [0.05, 0.1) is 11.6 Å². The van der Waals surface area contributed by atoms with Crippen LogP contribution in [0.15, 0.2) is 22.7 Å². The minimum atomic E-state index is 0.669. The summed E-state index contributed by atoms with van der Waals surface area (Å²) in [6.45, 7) is 5.67. The third-order valence-corrected chi connectivity index (χ3v) is 3.89. The monoisotopic (exact) mass is 299 g/mol. The van der Waals surface area contributed by atoms with Gasteiger partial charge in [-0.2, -0.15) is 0 Å². The van der Waals surface area contributed by atoms with Crippen LogP contribution in [0.5, 0.6) is 5.75 Å². The Hall–Kier alpha value is -0.540. The van der Waals surface area contributed by atoms with Crippen LogP contribution in [0.1, 0.15) is 19.4 Å². The average Bonchev–Trinajstić information content (AvgIpc) is 2.29. The molecule has 2 unspecified atom stereocenters. The van der Waals surface area contributed by atoms with Crippen LogP contribution < -0.4 is 10.1 Å². The van der Waals surface area contributed by atoms with Gasteiger partial charge in [0.15, 0.2) is 0 Å². The van der Waals surface area contributed by atoms with E-state index in [9.17, 15) is 0 Å². The Kier molecular flexibility index (Phi) is 6.00. The van der Waals surface area contributed by atoms with Crippen molar-refractivity contribution in [1.82, 2.24) is 5.32 Å². The molecule has 2 atom stereocenters. The van der Waals surface area contributed by atoms with Crippen LogP contribution >= 0.6 is 15.9 Å². The van der Waals surface area contributed by atoms with Crippen molar-refractivity contribution in [3.63, 3.8) is 0 Å². The highest BCUT2D eigenvalue weighted by atomic mass is 79.9. The normalized spacial score (nSPS) is 14.4. The van der Waals surface area contributed by atoms with E-state index < -0.39 is 0 Å². The summed E-state index contributed by atoms with van der Waals surface area (Å²) in [5.41, 5.74) is 1.35. The van der Waals surface area contributed by atoms with Gasteiger partial charge in [0.1, 0.15) is 5.75 Å². The number of benzene rings is 1. The van der Waals surface area contributed by atoms with Crippen molar-refractivity contribution >= 4 is 15.9 Å². The molecule has 0 amide bonds. The van der Waals surface area contributed by atoms with Gasteiger partial charge in [0.2, 0.25) is 0 Å². The molecule has 0 fully saturated rings. The standard InChI is InChI=1S/C14H22BrNO/c1-10(11(2)9-16-3)7-12-5-6-14(17-4)13(15)8-12/h5-6,8,10-11,16H,7,9H2,1-4H3. The van der Waals surface area contributed by atoms with E-state index in [4.69, 9.17) is 4.74 Å². The van der Waals surface area contributed by atoms with Crippen LogP contribution in [0, 0.1) is 11.8 Å². The molecule has 0 aromatic heterocycles. The van der Waals surface area contributed by atoms with Crippen LogP contribution in [0.4, 0.5) is 0 Å². The van der Waals surface area contributed by atoms with Gasteiger partial charge in [0, 0.05) is 0 Å². The van der Waals surface area contributed by atoms with E-state index in [0.29, 0.717) is 11.8 Å². The van der Waals surface area contributed by atoms with E-state index in [1.54, 1.807) is 7.11 Å². The quantitative estimate of drug-likeness (QED) is 0.868. The lowest BCUT2D eigenvalue weighted by molar-refractivity contribution is 0.374. The van der Waals surface area contributed by atoms with Crippen LogP contribution in [0.3, 0.4) is 0 Å². The van der Waals surface area contributed by atoms with Crippen molar-refractivity contribution in [3.05, 3.63) is 28.2 Å². The maximum absolute atomic E-state index is 5.23. The Balaban J connectivity index is 2.65. The van der Waals surface area contributed by atoms with Gasteiger partial charge in [-0.3, -0.25) is 0 Å². The minimum absolute atomic E-state index is 0.669. The number of hydrogen-bond acceptors (Lipinski definition) is 2. The van der Waals surface area contributed by atoms with Gasteiger partial charge < -0.3 is 10.1 Å². The van der Waals surface area contributed by atoms with Crippen molar-refractivity contribution in [2.45, 2.75) is 20.3 Å². The lowest BCUT2D eigenvalue weighted by atomic mass is 9.89. The number of ether oxygens (including phenoxy) is 1. The Bertz CT molecular complexity index is 354. The van der Waals surface area contributed by atoms with E-state index in [2.05, 4.69) is 47.2 Å². The molecule has 0 spiro atoms. The van der Waals surface area contributed by atoms with Crippen LogP contribution in [0.2, 0.25) is 0 Å². The van der Waals surface area contributed by atoms with E-state index >= 15 is 0 Å². The zero-order chi connectivity index (χ0) is 12.8. The Labute approximate surface area is 113 Å². The number of nitrogens with one attached hydrogen (secondary N) is 1. The summed E-state index contributed by atoms with van der Waals surface area (Å²) in [7, 11) is 3.70. The SMILES string of the molecule is CNCC(C)C(C)Cc1ccc(OC)c(Br)c1. The zero-order valence-corrected chi connectivity index (χ0v) is 12.7. The molecule has 0 aliphatic carbocycles. The van der Waals surface area contributed by atoms with Crippen molar-refractivity contribution in [1.29, 1.82) is 0 Å². The van der Waals surface area contributed by atoms with E-state index in [1.165, 1.54) is 5.56 Å². The Morgan fingerprint density at radius 2 is 2.00 bits per heavy atom. The highest BCUT2D eigenvalue weighted by Crippen LogP contribution is 2.27. The molecule has 0 bridgehead atoms. The van der Waals surface area contributed by atoms with E-state index in [-0.39, 0.29) is 0 Å². The van der Waals surface area contributed by atoms with E-state index in [0.717, 1.165) is 23.2 Å². The summed E-state index contributed by atoms with van der Waals surface area (Å²) >= 11 is 3.53. The third-order valence-electron chi connectivity index (χ3n) is 3.27. The fraction of sp³-hybridized carbons (Fsp3) is 0.571. The van der Waals surface area contributed by atoms with Crippen molar-refractivity contribution in [2.75, 3.05) is 20.7 Å². The molecule has 1 N–H and O–H groups in total. The largest absolute Gasteiger partial charge is 0.496 e. The minimum Gasteiger partial charge on any atom is -0.496 e. The van der Waals surface area contributed by atoms with Crippen LogP contribution in [-0.4, -0.2) is 20.7 Å². The summed E-state index contributed by atoms with van der Waals surface area (Å²) in [5, 5.41) is 3.23. The predicted molar refractivity (Wildman–Crippen MR) is 76.7 cm³/mol. The first-order valence-corrected chi connectivity index (χ1v) is 6.84. The first-order chi connectivity index (χ1) is 8.08. The molecular formula is C14H22BrNO. The molecule has 0 aliphatic heterocycles. The second kappa shape index (κ2) is 7.02. The van der Waals surface area contributed by atoms with Crippen molar-refractivity contribution in [2.24, 2.45) is 11.8 Å². The maximum Gasteiger partial charge on any atom is 0.133 e. The van der Waals surface area contributed by atoms with Crippen molar-refractivity contribution in [3.8, 4) is 5.75 Å². The Morgan fingerprint density at radius 1 is 1.29 bits per heavy atom. The number of hydrogen-bond donors (Lipinski definition) is 1. The fourth-order valence-electron chi connectivity index (χ4n) is 1.93. The number of rotatable bonds is 6. The van der Waals surface area contributed by atoms with Gasteiger partial charge in [-0.1, -0.05) is 19.9 Å². The zero-order valence-electron chi connectivity index (χ0n) is 11.1. The summed E-state index contributed by atoms with van der Waals surface area (Å²) < 4.78 is 6.27. The molecule has 0 saturated carbocycles. The van der Waals surface area contributed by atoms with Crippen LogP contribution in [-0.2, 0) is 6.42 Å². The molecule has 0 radical (unpaired) electrons. The molecule has 1 aromatic carbocycles. The topological polar surface area (TPSA) is 21.3 Å². The second-order valence-electron chi connectivity index (χ2n) is 4.69. The lowest BCUT2D eigenvalue weighted by Gasteiger charge is -2.20. The molecule has 2 nitrogen and oxygen atoms in total. The van der Waals surface area contributed by atoms with Gasteiger partial charge in [0.25, 0.3) is 0 Å². The molecule has 1 aromatic rings. The lowest BCUT2D eigenvalue weighted by Crippen LogP contribution is -2.23. The maximum atomic E-state index is 5.23. The molecule has 0 saturated heterocycles. The smallest absolute Gasteiger partial charge is 0.133 e. The summed E-state index contributed by atoms with van der Waals surface area (Å²) in [5.74, 6) is 2.24. The van der Waals surface area contributed by atoms with Gasteiger partial charge in [-0.05, 0) is 65.5 Å². The molecule has 1 rings (SSSR count). The number of methoxy groups -OCH3 is 1. The number of halogens is 1. The second-order valence-corrected chi connectivity index (χ2v) is 5.54. The molecule has 0 aliphatic rings. The van der Waals surface area contributed by atoms with Gasteiger partial charge >= 0.3 is 0 Å². The molecule has 17 heavy (non-hydrogen) atoms. The van der Waals surface area contributed by atoms with Crippen LogP contribution in [0.25, 0.3) is 0 Å². The fourth-order valence-corrected chi connectivity index (χ4v) is 2.52. The summed E-state index contributed by atoms with van der Waals surface area (Å²) in [6.07, 6.45) is 1.10. The molecule has 96 valence electrons. The highest BCUT2D eigenvalue weighted by molar-refractivity contribution is 9.10. The van der Waals surface area contributed by atoms with Gasteiger partial charge in [-0.15, -0.1) is 0 Å². The first-order valence-electron chi connectivity index (χ1n) is 6.05. The Morgan fingerprint density at radius 3 is 2.53 bits per heavy atom. The van der Waals surface area contributed by atoms with E-state index in [1.807, 2.05) is 13.1 Å².